The van der Waals surface area contributed by atoms with Crippen molar-refractivity contribution in [3.8, 4) is 0 Å². The van der Waals surface area contributed by atoms with Crippen LogP contribution in [-0.2, 0) is 9.53 Å². The topological polar surface area (TPSA) is 79.8 Å². The number of nitrogens with one attached hydrogen (secondary N) is 2. The number of benzene rings is 1. The lowest BCUT2D eigenvalue weighted by Crippen LogP contribution is -2.30. The quantitative estimate of drug-likeness (QED) is 0.649. The van der Waals surface area contributed by atoms with E-state index in [0.29, 0.717) is 5.71 Å². The van der Waals surface area contributed by atoms with E-state index in [1.54, 1.807) is 27.7 Å². The highest BCUT2D eigenvalue weighted by molar-refractivity contribution is 6.06. The Labute approximate surface area is 143 Å². The number of carbonyl (C=O) groups is 2. The monoisotopic (exact) mass is 333 g/mol. The molecule has 1 aromatic rings. The smallest absolute Gasteiger partial charge is 0.428 e. The molecule has 0 aliphatic carbocycles. The highest BCUT2D eigenvalue weighted by Gasteiger charge is 2.16. The zero-order valence-electron chi connectivity index (χ0n) is 15.5. The highest BCUT2D eigenvalue weighted by atomic mass is 16.6. The van der Waals surface area contributed by atoms with Gasteiger partial charge in [-0.1, -0.05) is 17.7 Å². The Balaban J connectivity index is 2.62. The third-order valence-electron chi connectivity index (χ3n) is 3.09. The molecule has 1 rings (SSSR count). The van der Waals surface area contributed by atoms with E-state index in [2.05, 4.69) is 15.8 Å². The van der Waals surface area contributed by atoms with Crippen molar-refractivity contribution in [2.24, 2.45) is 5.10 Å². The van der Waals surface area contributed by atoms with E-state index in [1.807, 2.05) is 32.9 Å². The number of ether oxygens (including phenoxy) is 1. The predicted molar refractivity (Wildman–Crippen MR) is 96.4 cm³/mol. The first-order valence-electron chi connectivity index (χ1n) is 7.88. The molecule has 6 nitrogen and oxygen atoms in total. The van der Waals surface area contributed by atoms with Gasteiger partial charge in [-0.2, -0.15) is 5.10 Å². The molecule has 0 atom stereocenters. The molecule has 24 heavy (non-hydrogen) atoms. The molecule has 0 aliphatic heterocycles. The molecule has 1 aromatic carbocycles. The molecule has 0 spiro atoms. The number of hydrazone groups is 1. The molecule has 0 fully saturated rings. The Morgan fingerprint density at radius 3 is 2.17 bits per heavy atom. The van der Waals surface area contributed by atoms with Gasteiger partial charge < -0.3 is 10.1 Å². The van der Waals surface area contributed by atoms with Crippen LogP contribution in [-0.4, -0.2) is 23.3 Å². The van der Waals surface area contributed by atoms with Crippen LogP contribution < -0.4 is 10.7 Å². The van der Waals surface area contributed by atoms with Crippen molar-refractivity contribution in [1.82, 2.24) is 5.43 Å². The number of nitrogens with zero attached hydrogens (tertiary/aromatic N) is 1. The Morgan fingerprint density at radius 2 is 1.67 bits per heavy atom. The van der Waals surface area contributed by atoms with Gasteiger partial charge in [0.05, 0.1) is 6.42 Å². The van der Waals surface area contributed by atoms with Gasteiger partial charge in [0.25, 0.3) is 0 Å². The number of rotatable bonds is 4. The second-order valence-electron chi connectivity index (χ2n) is 6.96. The van der Waals surface area contributed by atoms with Crippen molar-refractivity contribution in [3.05, 3.63) is 28.8 Å². The molecule has 132 valence electrons. The minimum absolute atomic E-state index is 0.0859. The highest BCUT2D eigenvalue weighted by Crippen LogP contribution is 2.22. The van der Waals surface area contributed by atoms with E-state index in [9.17, 15) is 9.59 Å². The van der Waals surface area contributed by atoms with E-state index in [-0.39, 0.29) is 12.3 Å². The van der Waals surface area contributed by atoms with Crippen LogP contribution in [0.5, 0.6) is 0 Å². The summed E-state index contributed by atoms with van der Waals surface area (Å²) in [5, 5.41) is 6.78. The minimum atomic E-state index is -0.646. The number of carbonyl (C=O) groups excluding carboxylic acids is 2. The minimum Gasteiger partial charge on any atom is -0.443 e. The van der Waals surface area contributed by atoms with Crippen LogP contribution in [0, 0.1) is 20.8 Å². The summed E-state index contributed by atoms with van der Waals surface area (Å²) in [4.78, 5) is 23.7. The van der Waals surface area contributed by atoms with Gasteiger partial charge in [-0.05, 0) is 59.6 Å². The van der Waals surface area contributed by atoms with Crippen LogP contribution in [0.4, 0.5) is 10.5 Å². The van der Waals surface area contributed by atoms with Gasteiger partial charge in [-0.3, -0.25) is 4.79 Å². The number of hydrogen-bond acceptors (Lipinski definition) is 4. The molecule has 0 unspecified atom stereocenters. The molecule has 0 saturated heterocycles. The number of amides is 2. The van der Waals surface area contributed by atoms with Crippen molar-refractivity contribution >= 4 is 23.4 Å². The standard InChI is InChI=1S/C18H27N3O3/c1-11-8-12(2)16(13(3)9-11)19-15(22)10-14(4)20-21-17(23)24-18(5,6)7/h8-9H,10H2,1-7H3,(H,19,22)(H,21,23). The molecular formula is C18H27N3O3. The summed E-state index contributed by atoms with van der Waals surface area (Å²) >= 11 is 0. The SMILES string of the molecule is CC(CC(=O)Nc1c(C)cc(C)cc1C)=NNC(=O)OC(C)(C)C. The van der Waals surface area contributed by atoms with Gasteiger partial charge in [0, 0.05) is 11.4 Å². The van der Waals surface area contributed by atoms with E-state index in [0.717, 1.165) is 22.4 Å². The summed E-state index contributed by atoms with van der Waals surface area (Å²) in [5.74, 6) is -0.183. The first-order chi connectivity index (χ1) is 11.0. The first kappa shape index (κ1) is 19.7. The summed E-state index contributed by atoms with van der Waals surface area (Å²) < 4.78 is 5.07. The third-order valence-corrected chi connectivity index (χ3v) is 3.09. The Morgan fingerprint density at radius 1 is 1.12 bits per heavy atom. The third kappa shape index (κ3) is 6.81. The van der Waals surface area contributed by atoms with Gasteiger partial charge >= 0.3 is 6.09 Å². The number of anilines is 1. The zero-order chi connectivity index (χ0) is 18.5. The summed E-state index contributed by atoms with van der Waals surface area (Å²) in [6.07, 6.45) is -0.560. The van der Waals surface area contributed by atoms with Crippen molar-refractivity contribution in [2.45, 2.75) is 60.5 Å². The van der Waals surface area contributed by atoms with Crippen molar-refractivity contribution < 1.29 is 14.3 Å². The zero-order valence-corrected chi connectivity index (χ0v) is 15.5. The fraction of sp³-hybridized carbons (Fsp3) is 0.500. The fourth-order valence-electron chi connectivity index (χ4n) is 2.27. The van der Waals surface area contributed by atoms with Crippen LogP contribution in [0.2, 0.25) is 0 Å². The first-order valence-corrected chi connectivity index (χ1v) is 7.88. The average Bonchev–Trinajstić information content (AvgIpc) is 2.38. The van der Waals surface area contributed by atoms with E-state index < -0.39 is 11.7 Å². The lowest BCUT2D eigenvalue weighted by atomic mass is 10.0. The maximum absolute atomic E-state index is 12.1. The predicted octanol–water partition coefficient (Wildman–Crippen LogP) is 3.84. The largest absolute Gasteiger partial charge is 0.443 e. The number of hydrogen-bond donors (Lipinski definition) is 2. The van der Waals surface area contributed by atoms with Crippen LogP contribution in [0.25, 0.3) is 0 Å². The molecule has 0 aromatic heterocycles. The van der Waals surface area contributed by atoms with Gasteiger partial charge in [-0.25, -0.2) is 10.2 Å². The van der Waals surface area contributed by atoms with Crippen molar-refractivity contribution in [1.29, 1.82) is 0 Å². The Kier molecular flexibility index (Phi) is 6.51. The van der Waals surface area contributed by atoms with Crippen LogP contribution in [0.3, 0.4) is 0 Å². The molecule has 2 amide bonds. The molecule has 0 radical (unpaired) electrons. The maximum Gasteiger partial charge on any atom is 0.428 e. The molecule has 0 bridgehead atoms. The fourth-order valence-corrected chi connectivity index (χ4v) is 2.27. The van der Waals surface area contributed by atoms with E-state index in [4.69, 9.17) is 4.74 Å². The van der Waals surface area contributed by atoms with Crippen LogP contribution in [0.15, 0.2) is 17.2 Å². The normalized spacial score (nSPS) is 11.9. The van der Waals surface area contributed by atoms with E-state index >= 15 is 0 Å². The molecule has 0 aliphatic rings. The van der Waals surface area contributed by atoms with Crippen LogP contribution in [0.1, 0.15) is 50.8 Å². The maximum atomic E-state index is 12.1. The van der Waals surface area contributed by atoms with Crippen molar-refractivity contribution in [3.63, 3.8) is 0 Å². The Hall–Kier alpha value is -2.37. The molecule has 6 heteroatoms. The molecular weight excluding hydrogens is 306 g/mol. The lowest BCUT2D eigenvalue weighted by Gasteiger charge is -2.18. The molecule has 0 heterocycles. The second kappa shape index (κ2) is 7.95. The second-order valence-corrected chi connectivity index (χ2v) is 6.96. The molecule has 0 saturated carbocycles. The summed E-state index contributed by atoms with van der Waals surface area (Å²) in [6.45, 7) is 12.9. The molecule has 2 N–H and O–H groups in total. The Bertz CT molecular complexity index is 635. The summed E-state index contributed by atoms with van der Waals surface area (Å²) in [5.41, 5.74) is 6.19. The average molecular weight is 333 g/mol. The van der Waals surface area contributed by atoms with Gasteiger partial charge in [0.1, 0.15) is 5.60 Å². The van der Waals surface area contributed by atoms with Gasteiger partial charge in [0.2, 0.25) is 5.91 Å². The lowest BCUT2D eigenvalue weighted by molar-refractivity contribution is -0.115. The van der Waals surface area contributed by atoms with Gasteiger partial charge in [-0.15, -0.1) is 0 Å². The van der Waals surface area contributed by atoms with E-state index in [1.165, 1.54) is 0 Å². The van der Waals surface area contributed by atoms with Crippen LogP contribution >= 0.6 is 0 Å². The van der Waals surface area contributed by atoms with Gasteiger partial charge in [0.15, 0.2) is 0 Å². The number of aryl methyl sites for hydroxylation is 3. The summed E-state index contributed by atoms with van der Waals surface area (Å²) in [6, 6.07) is 4.04. The summed E-state index contributed by atoms with van der Waals surface area (Å²) in [7, 11) is 0. The van der Waals surface area contributed by atoms with Crippen molar-refractivity contribution in [2.75, 3.05) is 5.32 Å².